The molecule has 21 heavy (non-hydrogen) atoms. The summed E-state index contributed by atoms with van der Waals surface area (Å²) in [5.41, 5.74) is -1.02. The van der Waals surface area contributed by atoms with Crippen LogP contribution in [0.5, 0.6) is 5.75 Å². The van der Waals surface area contributed by atoms with Gasteiger partial charge in [-0.15, -0.1) is 0 Å². The van der Waals surface area contributed by atoms with Crippen molar-refractivity contribution in [3.8, 4) is 5.75 Å². The summed E-state index contributed by atoms with van der Waals surface area (Å²) in [5.74, 6) is -0.0209. The summed E-state index contributed by atoms with van der Waals surface area (Å²) < 4.78 is 5.40. The van der Waals surface area contributed by atoms with E-state index in [0.717, 1.165) is 11.8 Å². The lowest BCUT2D eigenvalue weighted by Crippen LogP contribution is -2.25. The monoisotopic (exact) mass is 309 g/mol. The molecular weight excluding hydrogens is 298 g/mol. The largest absolute Gasteiger partial charge is 0.493 e. The lowest BCUT2D eigenvalue weighted by atomic mass is 10.2. The van der Waals surface area contributed by atoms with Crippen molar-refractivity contribution in [2.75, 3.05) is 12.4 Å². The predicted octanol–water partition coefficient (Wildman–Crippen LogP) is 0.327. The summed E-state index contributed by atoms with van der Waals surface area (Å²) in [6.45, 7) is 0.303. The smallest absolute Gasteiger partial charge is 0.342 e. The molecule has 9 heteroatoms. The molecule has 0 amide bonds. The molecule has 110 valence electrons. The summed E-state index contributed by atoms with van der Waals surface area (Å²) in [5, 5.41) is 14.7. The third-order valence-corrected chi connectivity index (χ3v) is 3.29. The van der Waals surface area contributed by atoms with Gasteiger partial charge in [-0.05, 0) is 24.3 Å². The number of carboxylic acid groups (broad SMARTS) is 1. The molecule has 2 rings (SSSR count). The van der Waals surface area contributed by atoms with Gasteiger partial charge >= 0.3 is 11.7 Å². The minimum absolute atomic E-state index is 0.152. The molecule has 0 aliphatic carbocycles. The quantitative estimate of drug-likeness (QED) is 0.518. The van der Waals surface area contributed by atoms with Gasteiger partial charge in [0, 0.05) is 5.75 Å². The molecule has 3 N–H and O–H groups in total. The zero-order valence-electron chi connectivity index (χ0n) is 10.7. The molecule has 0 saturated heterocycles. The van der Waals surface area contributed by atoms with Crippen LogP contribution in [-0.2, 0) is 0 Å². The first-order chi connectivity index (χ1) is 10.1. The normalized spacial score (nSPS) is 10.3. The number of hydrogen-bond donors (Lipinski definition) is 3. The number of aromatic amines is 2. The minimum atomic E-state index is -1.000. The lowest BCUT2D eigenvalue weighted by Gasteiger charge is -2.05. The standard InChI is InChI=1S/C12H11N3O5S/c16-9-10(14-15-12(19)13-9)21-6-5-20-8-3-1-7(2-4-8)11(17)18/h1-4H,5-6H2,(H,17,18)(H2,13,15,16,19). The highest BCUT2D eigenvalue weighted by molar-refractivity contribution is 7.99. The Bertz CT molecular complexity index is 738. The topological polar surface area (TPSA) is 125 Å². The van der Waals surface area contributed by atoms with Crippen LogP contribution < -0.4 is 16.0 Å². The van der Waals surface area contributed by atoms with Gasteiger partial charge in [0.1, 0.15) is 5.75 Å². The Balaban J connectivity index is 1.83. The van der Waals surface area contributed by atoms with E-state index in [2.05, 4.69) is 15.2 Å². The van der Waals surface area contributed by atoms with E-state index in [-0.39, 0.29) is 10.6 Å². The number of benzene rings is 1. The first kappa shape index (κ1) is 14.9. The number of thioether (sulfide) groups is 1. The molecule has 1 aromatic carbocycles. The molecule has 8 nitrogen and oxygen atoms in total. The highest BCUT2D eigenvalue weighted by Gasteiger charge is 2.04. The number of carboxylic acids is 1. The van der Waals surface area contributed by atoms with Gasteiger partial charge in [0.2, 0.25) is 0 Å². The molecule has 0 fully saturated rings. The lowest BCUT2D eigenvalue weighted by molar-refractivity contribution is 0.0697. The molecule has 1 heterocycles. The van der Waals surface area contributed by atoms with Gasteiger partial charge < -0.3 is 9.84 Å². The van der Waals surface area contributed by atoms with Gasteiger partial charge in [-0.1, -0.05) is 11.8 Å². The van der Waals surface area contributed by atoms with Crippen LogP contribution in [-0.4, -0.2) is 38.6 Å². The van der Waals surface area contributed by atoms with Crippen molar-refractivity contribution in [2.45, 2.75) is 5.03 Å². The summed E-state index contributed by atoms with van der Waals surface area (Å²) in [6.07, 6.45) is 0. The van der Waals surface area contributed by atoms with E-state index in [1.165, 1.54) is 12.1 Å². The number of ether oxygens (including phenoxy) is 1. The summed E-state index contributed by atoms with van der Waals surface area (Å²) in [4.78, 5) is 34.9. The molecule has 2 aromatic rings. The van der Waals surface area contributed by atoms with Gasteiger partial charge in [-0.25, -0.2) is 14.7 Å². The third-order valence-electron chi connectivity index (χ3n) is 2.37. The number of carbonyl (C=O) groups is 1. The predicted molar refractivity (Wildman–Crippen MR) is 75.1 cm³/mol. The average molecular weight is 309 g/mol. The molecule has 0 aliphatic rings. The number of rotatable bonds is 6. The first-order valence-electron chi connectivity index (χ1n) is 5.84. The Morgan fingerprint density at radius 3 is 2.62 bits per heavy atom. The highest BCUT2D eigenvalue weighted by atomic mass is 32.2. The Kier molecular flexibility index (Phi) is 4.77. The van der Waals surface area contributed by atoms with Crippen LogP contribution in [0.4, 0.5) is 0 Å². The van der Waals surface area contributed by atoms with Crippen LogP contribution in [0.25, 0.3) is 0 Å². The van der Waals surface area contributed by atoms with Crippen molar-refractivity contribution in [2.24, 2.45) is 0 Å². The molecular formula is C12H11N3O5S. The summed E-state index contributed by atoms with van der Waals surface area (Å²) in [6, 6.07) is 6.00. The minimum Gasteiger partial charge on any atom is -0.493 e. The number of nitrogens with one attached hydrogen (secondary N) is 2. The second kappa shape index (κ2) is 6.75. The number of aromatic carboxylic acids is 1. The fourth-order valence-electron chi connectivity index (χ4n) is 1.43. The van der Waals surface area contributed by atoms with E-state index in [1.807, 2.05) is 0 Å². The average Bonchev–Trinajstić information content (AvgIpc) is 2.46. The van der Waals surface area contributed by atoms with Crippen molar-refractivity contribution < 1.29 is 14.6 Å². The fraction of sp³-hybridized carbons (Fsp3) is 0.167. The number of aromatic nitrogens is 3. The molecule has 1 aromatic heterocycles. The van der Waals surface area contributed by atoms with E-state index in [9.17, 15) is 14.4 Å². The highest BCUT2D eigenvalue weighted by Crippen LogP contribution is 2.14. The van der Waals surface area contributed by atoms with Crippen molar-refractivity contribution in [3.63, 3.8) is 0 Å². The molecule has 0 radical (unpaired) electrons. The van der Waals surface area contributed by atoms with E-state index >= 15 is 0 Å². The number of nitrogens with zero attached hydrogens (tertiary/aromatic N) is 1. The Hall–Kier alpha value is -2.55. The molecule has 0 aliphatic heterocycles. The molecule has 0 atom stereocenters. The van der Waals surface area contributed by atoms with Crippen LogP contribution in [0.3, 0.4) is 0 Å². The first-order valence-corrected chi connectivity index (χ1v) is 6.83. The Morgan fingerprint density at radius 2 is 2.00 bits per heavy atom. The van der Waals surface area contributed by atoms with E-state index < -0.39 is 17.2 Å². The maximum atomic E-state index is 11.4. The van der Waals surface area contributed by atoms with Crippen LogP contribution >= 0.6 is 11.8 Å². The molecule has 0 unspecified atom stereocenters. The summed E-state index contributed by atoms with van der Waals surface area (Å²) in [7, 11) is 0. The summed E-state index contributed by atoms with van der Waals surface area (Å²) >= 11 is 1.14. The number of hydrogen-bond acceptors (Lipinski definition) is 6. The van der Waals surface area contributed by atoms with Gasteiger partial charge in [-0.3, -0.25) is 9.78 Å². The maximum Gasteiger partial charge on any atom is 0.342 e. The van der Waals surface area contributed by atoms with Crippen LogP contribution in [0.2, 0.25) is 0 Å². The van der Waals surface area contributed by atoms with Gasteiger partial charge in [0.15, 0.2) is 5.03 Å². The number of H-pyrrole nitrogens is 2. The fourth-order valence-corrected chi connectivity index (χ4v) is 2.08. The van der Waals surface area contributed by atoms with E-state index in [1.54, 1.807) is 12.1 Å². The molecule has 0 spiro atoms. The molecule has 0 saturated carbocycles. The van der Waals surface area contributed by atoms with Crippen molar-refractivity contribution in [1.82, 2.24) is 15.2 Å². The van der Waals surface area contributed by atoms with Crippen molar-refractivity contribution in [3.05, 3.63) is 50.7 Å². The van der Waals surface area contributed by atoms with Crippen molar-refractivity contribution in [1.29, 1.82) is 0 Å². The second-order valence-electron chi connectivity index (χ2n) is 3.84. The van der Waals surface area contributed by atoms with E-state index in [0.29, 0.717) is 18.1 Å². The second-order valence-corrected chi connectivity index (χ2v) is 4.92. The van der Waals surface area contributed by atoms with Gasteiger partial charge in [0.25, 0.3) is 5.56 Å². The van der Waals surface area contributed by atoms with Crippen molar-refractivity contribution >= 4 is 17.7 Å². The molecule has 0 bridgehead atoms. The van der Waals surface area contributed by atoms with Crippen LogP contribution in [0, 0.1) is 0 Å². The Labute approximate surface area is 122 Å². The van der Waals surface area contributed by atoms with E-state index in [4.69, 9.17) is 9.84 Å². The maximum absolute atomic E-state index is 11.4. The van der Waals surface area contributed by atoms with Gasteiger partial charge in [-0.2, -0.15) is 5.10 Å². The SMILES string of the molecule is O=C(O)c1ccc(OCCSc2n[nH]c(=O)[nH]c2=O)cc1. The zero-order valence-corrected chi connectivity index (χ0v) is 11.5. The van der Waals surface area contributed by atoms with Crippen LogP contribution in [0.1, 0.15) is 10.4 Å². The van der Waals surface area contributed by atoms with Crippen LogP contribution in [0.15, 0.2) is 38.9 Å². The third kappa shape index (κ3) is 4.21. The Morgan fingerprint density at radius 1 is 1.29 bits per heavy atom. The zero-order chi connectivity index (χ0) is 15.2. The van der Waals surface area contributed by atoms with Gasteiger partial charge in [0.05, 0.1) is 12.2 Å².